The zero-order valence-corrected chi connectivity index (χ0v) is 9.01. The molecule has 1 heterocycles. The van der Waals surface area contributed by atoms with Gasteiger partial charge in [0.2, 0.25) is 0 Å². The summed E-state index contributed by atoms with van der Waals surface area (Å²) >= 11 is 5.94. The number of methoxy groups -OCH3 is 1. The van der Waals surface area contributed by atoms with Gasteiger partial charge in [-0.2, -0.15) is 5.10 Å². The van der Waals surface area contributed by atoms with Crippen molar-refractivity contribution in [3.05, 3.63) is 16.9 Å². The van der Waals surface area contributed by atoms with Crippen molar-refractivity contribution in [3.63, 3.8) is 0 Å². The van der Waals surface area contributed by atoms with Crippen molar-refractivity contribution in [2.24, 2.45) is 5.92 Å². The molecule has 0 aliphatic carbocycles. The molecule has 1 aromatic heterocycles. The first-order valence-corrected chi connectivity index (χ1v) is 4.72. The van der Waals surface area contributed by atoms with Crippen LogP contribution >= 0.6 is 11.6 Å². The Balaban J connectivity index is 2.70. The molecule has 0 atom stereocenters. The Morgan fingerprint density at radius 1 is 1.62 bits per heavy atom. The normalized spacial score (nSPS) is 11.2. The first-order chi connectivity index (χ1) is 6.13. The van der Waals surface area contributed by atoms with Crippen LogP contribution in [0.25, 0.3) is 0 Å². The highest BCUT2D eigenvalue weighted by atomic mass is 35.5. The number of hydrogen-bond donors (Lipinski definition) is 0. The van der Waals surface area contributed by atoms with Crippen LogP contribution in [-0.4, -0.2) is 16.9 Å². The third kappa shape index (κ3) is 3.01. The Kier molecular flexibility index (Phi) is 3.75. The molecule has 3 nitrogen and oxygen atoms in total. The maximum Gasteiger partial charge on any atom is 0.107 e. The topological polar surface area (TPSA) is 27.1 Å². The summed E-state index contributed by atoms with van der Waals surface area (Å²) in [4.78, 5) is 0. The summed E-state index contributed by atoms with van der Waals surface area (Å²) in [5, 5.41) is 4.98. The van der Waals surface area contributed by atoms with Gasteiger partial charge in [-0.15, -0.1) is 0 Å². The Hall–Kier alpha value is -0.540. The predicted molar refractivity (Wildman–Crippen MR) is 52.8 cm³/mol. The van der Waals surface area contributed by atoms with Crippen LogP contribution < -0.4 is 0 Å². The van der Waals surface area contributed by atoms with E-state index in [1.165, 1.54) is 0 Å². The minimum absolute atomic E-state index is 0.476. The van der Waals surface area contributed by atoms with Crippen LogP contribution in [0.4, 0.5) is 0 Å². The molecule has 0 radical (unpaired) electrons. The lowest BCUT2D eigenvalue weighted by atomic mass is 10.2. The summed E-state index contributed by atoms with van der Waals surface area (Å²) in [7, 11) is 1.64. The van der Waals surface area contributed by atoms with Gasteiger partial charge < -0.3 is 4.74 Å². The van der Waals surface area contributed by atoms with E-state index in [9.17, 15) is 0 Å². The van der Waals surface area contributed by atoms with Crippen LogP contribution in [0.3, 0.4) is 0 Å². The van der Waals surface area contributed by atoms with Crippen LogP contribution in [0.2, 0.25) is 5.02 Å². The minimum Gasteiger partial charge on any atom is -0.378 e. The molecule has 1 rings (SSSR count). The predicted octanol–water partition coefficient (Wildman–Crippen LogP) is 2.34. The molecule has 0 bridgehead atoms. The Bertz CT molecular complexity index is 271. The van der Waals surface area contributed by atoms with Crippen molar-refractivity contribution in [2.75, 3.05) is 7.11 Å². The van der Waals surface area contributed by atoms with Gasteiger partial charge in [-0.05, 0) is 5.92 Å². The van der Waals surface area contributed by atoms with Crippen molar-refractivity contribution in [1.29, 1.82) is 0 Å². The molecule has 0 saturated heterocycles. The molecule has 0 aliphatic heterocycles. The molecule has 0 saturated carbocycles. The molecule has 0 aliphatic rings. The monoisotopic (exact) mass is 202 g/mol. The standard InChI is InChI=1S/C9H15ClN2O/c1-7(2)4-12-5-8(10)9(11-12)6-13-3/h5,7H,4,6H2,1-3H3. The second kappa shape index (κ2) is 4.63. The fourth-order valence-corrected chi connectivity index (χ4v) is 1.34. The Morgan fingerprint density at radius 3 is 2.85 bits per heavy atom. The Labute approximate surface area is 83.6 Å². The summed E-state index contributed by atoms with van der Waals surface area (Å²) < 4.78 is 6.83. The number of halogens is 1. The van der Waals surface area contributed by atoms with Crippen LogP contribution in [0.1, 0.15) is 19.5 Å². The first-order valence-electron chi connectivity index (χ1n) is 4.34. The molecule has 13 heavy (non-hydrogen) atoms. The smallest absolute Gasteiger partial charge is 0.107 e. The molecule has 0 N–H and O–H groups in total. The quantitative estimate of drug-likeness (QED) is 0.750. The molecule has 0 spiro atoms. The van der Waals surface area contributed by atoms with E-state index in [1.54, 1.807) is 7.11 Å². The number of aromatic nitrogens is 2. The van der Waals surface area contributed by atoms with E-state index in [2.05, 4.69) is 18.9 Å². The Morgan fingerprint density at radius 2 is 2.31 bits per heavy atom. The van der Waals surface area contributed by atoms with E-state index in [1.807, 2.05) is 10.9 Å². The van der Waals surface area contributed by atoms with Crippen molar-refractivity contribution >= 4 is 11.6 Å². The van der Waals surface area contributed by atoms with Crippen LogP contribution in [0, 0.1) is 5.92 Å². The third-order valence-electron chi connectivity index (χ3n) is 1.62. The lowest BCUT2D eigenvalue weighted by Crippen LogP contribution is -2.05. The lowest BCUT2D eigenvalue weighted by molar-refractivity contribution is 0.180. The number of ether oxygens (including phenoxy) is 1. The maximum atomic E-state index is 5.94. The van der Waals surface area contributed by atoms with Crippen LogP contribution in [0.5, 0.6) is 0 Å². The van der Waals surface area contributed by atoms with E-state index < -0.39 is 0 Å². The number of nitrogens with zero attached hydrogens (tertiary/aromatic N) is 2. The van der Waals surface area contributed by atoms with E-state index >= 15 is 0 Å². The molecule has 74 valence electrons. The van der Waals surface area contributed by atoms with Gasteiger partial charge in [0, 0.05) is 19.9 Å². The molecular formula is C9H15ClN2O. The summed E-state index contributed by atoms with van der Waals surface area (Å²) in [5.41, 5.74) is 0.810. The molecule has 0 unspecified atom stereocenters. The zero-order chi connectivity index (χ0) is 9.84. The van der Waals surface area contributed by atoms with Gasteiger partial charge in [-0.3, -0.25) is 4.68 Å². The molecule has 0 aromatic carbocycles. The van der Waals surface area contributed by atoms with E-state index in [0.717, 1.165) is 12.2 Å². The fraction of sp³-hybridized carbons (Fsp3) is 0.667. The highest BCUT2D eigenvalue weighted by molar-refractivity contribution is 6.31. The van der Waals surface area contributed by atoms with Crippen LogP contribution in [0.15, 0.2) is 6.20 Å². The maximum absolute atomic E-state index is 5.94. The summed E-state index contributed by atoms with van der Waals surface area (Å²) in [6.45, 7) is 5.66. The van der Waals surface area contributed by atoms with E-state index in [0.29, 0.717) is 17.5 Å². The average Bonchev–Trinajstić information content (AvgIpc) is 2.31. The lowest BCUT2D eigenvalue weighted by Gasteiger charge is -2.03. The van der Waals surface area contributed by atoms with E-state index in [-0.39, 0.29) is 0 Å². The SMILES string of the molecule is COCc1nn(CC(C)C)cc1Cl. The molecule has 0 amide bonds. The highest BCUT2D eigenvalue weighted by Gasteiger charge is 2.06. The number of rotatable bonds is 4. The van der Waals surface area contributed by atoms with Gasteiger partial charge in [-0.1, -0.05) is 25.4 Å². The van der Waals surface area contributed by atoms with Crippen molar-refractivity contribution in [3.8, 4) is 0 Å². The molecule has 1 aromatic rings. The molecule has 0 fully saturated rings. The number of hydrogen-bond acceptors (Lipinski definition) is 2. The van der Waals surface area contributed by atoms with Crippen molar-refractivity contribution in [1.82, 2.24) is 9.78 Å². The van der Waals surface area contributed by atoms with Gasteiger partial charge in [0.1, 0.15) is 5.69 Å². The van der Waals surface area contributed by atoms with E-state index in [4.69, 9.17) is 16.3 Å². The van der Waals surface area contributed by atoms with Gasteiger partial charge in [0.05, 0.1) is 11.6 Å². The second-order valence-corrected chi connectivity index (χ2v) is 3.88. The van der Waals surface area contributed by atoms with Gasteiger partial charge in [0.25, 0.3) is 0 Å². The summed E-state index contributed by atoms with van der Waals surface area (Å²) in [5.74, 6) is 0.575. The third-order valence-corrected chi connectivity index (χ3v) is 1.94. The highest BCUT2D eigenvalue weighted by Crippen LogP contribution is 2.15. The van der Waals surface area contributed by atoms with Gasteiger partial charge in [0.15, 0.2) is 0 Å². The molecule has 4 heteroatoms. The van der Waals surface area contributed by atoms with Crippen molar-refractivity contribution in [2.45, 2.75) is 27.0 Å². The average molecular weight is 203 g/mol. The summed E-state index contributed by atoms with van der Waals surface area (Å²) in [6, 6.07) is 0. The second-order valence-electron chi connectivity index (χ2n) is 3.47. The largest absolute Gasteiger partial charge is 0.378 e. The molecular weight excluding hydrogens is 188 g/mol. The minimum atomic E-state index is 0.476. The first kappa shape index (κ1) is 10.5. The van der Waals surface area contributed by atoms with Gasteiger partial charge >= 0.3 is 0 Å². The van der Waals surface area contributed by atoms with Crippen molar-refractivity contribution < 1.29 is 4.74 Å². The van der Waals surface area contributed by atoms with Crippen LogP contribution in [-0.2, 0) is 17.9 Å². The zero-order valence-electron chi connectivity index (χ0n) is 8.25. The fourth-order valence-electron chi connectivity index (χ4n) is 1.14. The van der Waals surface area contributed by atoms with Gasteiger partial charge in [-0.25, -0.2) is 0 Å². The summed E-state index contributed by atoms with van der Waals surface area (Å²) in [6.07, 6.45) is 1.84.